The van der Waals surface area contributed by atoms with Gasteiger partial charge in [0.2, 0.25) is 0 Å². The van der Waals surface area contributed by atoms with Crippen LogP contribution in [0.5, 0.6) is 0 Å². The van der Waals surface area contributed by atoms with Gasteiger partial charge in [0.25, 0.3) is 0 Å². The molecule has 0 amide bonds. The molecule has 4 aromatic carbocycles. The predicted molar refractivity (Wildman–Crippen MR) is 237 cm³/mol. The van der Waals surface area contributed by atoms with Gasteiger partial charge in [-0.15, -0.1) is 0 Å². The molecule has 3 aliphatic rings. The molecule has 3 fully saturated rings. The molecule has 1 unspecified atom stereocenters. The quantitative estimate of drug-likeness (QED) is 0.0904. The van der Waals surface area contributed by atoms with Crippen LogP contribution in [0.2, 0.25) is 10.0 Å². The van der Waals surface area contributed by atoms with Crippen LogP contribution in [0, 0.1) is 19.3 Å². The number of β-amino-alcohol motifs (C(OH)–C–C–N with tert-alkyl or cyclic N) is 1. The van der Waals surface area contributed by atoms with E-state index in [1.807, 2.05) is 43.3 Å². The summed E-state index contributed by atoms with van der Waals surface area (Å²) in [6.45, 7) is 9.32. The first kappa shape index (κ1) is 51.2. The zero-order valence-corrected chi connectivity index (χ0v) is 38.0. The first-order valence-electron chi connectivity index (χ1n) is 20.1. The van der Waals surface area contributed by atoms with Gasteiger partial charge in [0.1, 0.15) is 0 Å². The largest absolute Gasteiger partial charge is 2.00 e. The molecule has 0 saturated carbocycles. The van der Waals surface area contributed by atoms with Crippen molar-refractivity contribution in [3.05, 3.63) is 149 Å². The Morgan fingerprint density at radius 2 is 1.16 bits per heavy atom. The summed E-state index contributed by atoms with van der Waals surface area (Å²) in [5.41, 5.74) is 3.68. The van der Waals surface area contributed by atoms with E-state index < -0.39 is 5.60 Å². The minimum Gasteiger partial charge on any atom is -1.00 e. The van der Waals surface area contributed by atoms with E-state index in [4.69, 9.17) is 27.9 Å². The molecule has 306 valence electrons. The number of ketones is 1. The molecule has 7 rings (SSSR count). The van der Waals surface area contributed by atoms with Crippen LogP contribution in [0.4, 0.5) is 0 Å². The van der Waals surface area contributed by atoms with Crippen molar-refractivity contribution in [1.29, 1.82) is 0 Å². The number of halogens is 3. The van der Waals surface area contributed by atoms with Gasteiger partial charge in [-0.05, 0) is 149 Å². The summed E-state index contributed by atoms with van der Waals surface area (Å²) in [6, 6.07) is 36.2. The molecule has 0 spiro atoms. The summed E-state index contributed by atoms with van der Waals surface area (Å²) in [5, 5.41) is 12.3. The van der Waals surface area contributed by atoms with Gasteiger partial charge >= 0.3 is 23.1 Å². The summed E-state index contributed by atoms with van der Waals surface area (Å²) in [6.07, 6.45) is 12.2. The molecule has 4 aromatic rings. The zero-order valence-electron chi connectivity index (χ0n) is 34.3. The Balaban J connectivity index is 0.000000334. The number of aryl methyl sites for hydroxylation is 2. The maximum atomic E-state index is 12.4. The van der Waals surface area contributed by atoms with Gasteiger partial charge in [0.15, 0.2) is 5.78 Å². The SMILES string of the molecule is C1CCOC1.CC(O)(CN1CCC[C@@H](CCc2ccccc2)C1)c1ccc(Cl)cc1.O=C(CN1CCC[C@@H](CCc2ccccc2)C1)c1ccc(Cl)cc1.[CH3-].[Cl-].[Mg+2]. The summed E-state index contributed by atoms with van der Waals surface area (Å²) in [5.74, 6) is 1.60. The van der Waals surface area contributed by atoms with Crippen molar-refractivity contribution < 1.29 is 27.0 Å². The molecule has 0 aliphatic carbocycles. The van der Waals surface area contributed by atoms with Gasteiger partial charge in [-0.1, -0.05) is 96.0 Å². The third kappa shape index (κ3) is 18.9. The minimum absolute atomic E-state index is 0. The fourth-order valence-corrected chi connectivity index (χ4v) is 8.12. The normalized spacial score (nSPS) is 19.1. The number of hydrogen-bond donors (Lipinski definition) is 1. The van der Waals surface area contributed by atoms with E-state index in [2.05, 4.69) is 70.5 Å². The number of nitrogens with zero attached hydrogens (tertiary/aromatic N) is 2. The van der Waals surface area contributed by atoms with Crippen molar-refractivity contribution in [3.63, 3.8) is 0 Å². The second-order valence-electron chi connectivity index (χ2n) is 15.6. The van der Waals surface area contributed by atoms with Gasteiger partial charge < -0.3 is 29.7 Å². The zero-order chi connectivity index (χ0) is 38.0. The van der Waals surface area contributed by atoms with Crippen molar-refractivity contribution in [3.8, 4) is 0 Å². The molecule has 57 heavy (non-hydrogen) atoms. The Kier molecular flexibility index (Phi) is 24.9. The Bertz CT molecular complexity index is 1630. The topological polar surface area (TPSA) is 53.0 Å². The molecule has 1 N–H and O–H groups in total. The molecule has 0 radical (unpaired) electrons. The first-order chi connectivity index (χ1) is 26.2. The maximum Gasteiger partial charge on any atom is 2.00 e. The average molecular weight is 847 g/mol. The van der Waals surface area contributed by atoms with Crippen molar-refractivity contribution in [2.75, 3.05) is 52.5 Å². The van der Waals surface area contributed by atoms with E-state index in [1.54, 1.807) is 12.1 Å². The van der Waals surface area contributed by atoms with Gasteiger partial charge in [-0.2, -0.15) is 0 Å². The summed E-state index contributed by atoms with van der Waals surface area (Å²) >= 11 is 11.9. The Hall–Kier alpha value is -1.97. The number of Topliss-reactive ketones (excluding diaryl/α,β-unsaturated/α-hetero) is 1. The molecule has 0 aromatic heterocycles. The minimum atomic E-state index is -0.841. The van der Waals surface area contributed by atoms with Crippen LogP contribution in [0.25, 0.3) is 0 Å². The van der Waals surface area contributed by atoms with E-state index in [0.717, 1.165) is 69.3 Å². The number of ether oxygens (including phenoxy) is 1. The Morgan fingerprint density at radius 3 is 1.63 bits per heavy atom. The smallest absolute Gasteiger partial charge is 1.00 e. The summed E-state index contributed by atoms with van der Waals surface area (Å²) in [7, 11) is 0. The van der Waals surface area contributed by atoms with E-state index in [9.17, 15) is 9.90 Å². The molecule has 9 heteroatoms. The second-order valence-corrected chi connectivity index (χ2v) is 16.4. The van der Waals surface area contributed by atoms with Crippen LogP contribution in [-0.4, -0.2) is 96.2 Å². The maximum absolute atomic E-state index is 12.4. The van der Waals surface area contributed by atoms with Gasteiger partial charge in [-0.3, -0.25) is 14.6 Å². The Labute approximate surface area is 376 Å². The summed E-state index contributed by atoms with van der Waals surface area (Å²) in [4.78, 5) is 17.2. The standard InChI is InChI=1S/C22H28ClNO.C21H24ClNO.C4H8O.CH3.ClH.Mg/c1-22(25,20-11-13-21(23)14-12-20)17-24-15-5-8-19(16-24)10-9-18-6-3-2-4-7-18;22-20-12-10-19(11-13-20)21(24)16-23-14-4-7-18(15-23)9-8-17-5-2-1-3-6-17;1-2-4-5-3-1;;;/h2-4,6-7,11-14,19,25H,5,8-10,15-17H2,1H3;1-3,5-6,10-13,18H,4,7-9,14-16H2;1-4H2;1H3;1H;/q;;;-1;;+2/p-1/t19-,22?;18-;;;;/m00..../s1. The van der Waals surface area contributed by atoms with Crippen LogP contribution in [0.1, 0.15) is 85.3 Å². The number of hydrogen-bond acceptors (Lipinski definition) is 5. The molecule has 3 atom stereocenters. The second kappa shape index (κ2) is 27.7. The third-order valence-corrected chi connectivity index (χ3v) is 11.4. The number of carbonyl (C=O) groups excluding carboxylic acids is 1. The predicted octanol–water partition coefficient (Wildman–Crippen LogP) is 7.63. The molecule has 3 aliphatic heterocycles. The van der Waals surface area contributed by atoms with Gasteiger partial charge in [0, 0.05) is 48.5 Å². The van der Waals surface area contributed by atoms with Crippen molar-refractivity contribution in [2.24, 2.45) is 11.8 Å². The average Bonchev–Trinajstić information content (AvgIpc) is 3.79. The van der Waals surface area contributed by atoms with E-state index in [-0.39, 0.29) is 48.7 Å². The molecule has 0 bridgehead atoms. The van der Waals surface area contributed by atoms with Crippen LogP contribution in [0.3, 0.4) is 0 Å². The van der Waals surface area contributed by atoms with E-state index in [1.165, 1.54) is 62.5 Å². The number of piperidine rings is 2. The molecular weight excluding hydrogens is 783 g/mol. The van der Waals surface area contributed by atoms with Crippen molar-refractivity contribution in [2.45, 2.75) is 76.7 Å². The van der Waals surface area contributed by atoms with Crippen LogP contribution >= 0.6 is 23.2 Å². The van der Waals surface area contributed by atoms with Gasteiger partial charge in [0.05, 0.1) is 12.1 Å². The third-order valence-electron chi connectivity index (χ3n) is 10.9. The molecule has 5 nitrogen and oxygen atoms in total. The number of aliphatic hydroxyl groups is 1. The van der Waals surface area contributed by atoms with E-state index >= 15 is 0 Å². The van der Waals surface area contributed by atoms with Crippen molar-refractivity contribution >= 4 is 52.0 Å². The number of likely N-dealkylation sites (tertiary alicyclic amines) is 2. The number of rotatable bonds is 12. The van der Waals surface area contributed by atoms with Crippen LogP contribution in [0.15, 0.2) is 109 Å². The number of carbonyl (C=O) groups is 1. The van der Waals surface area contributed by atoms with Gasteiger partial charge in [-0.25, -0.2) is 0 Å². The number of benzene rings is 4. The molecule has 3 saturated heterocycles. The molecular formula is C48H63Cl3MgN2O3. The fraction of sp³-hybridized carbons (Fsp3) is 0.458. The first-order valence-corrected chi connectivity index (χ1v) is 20.9. The molecule has 3 heterocycles. The monoisotopic (exact) mass is 844 g/mol. The summed E-state index contributed by atoms with van der Waals surface area (Å²) < 4.78 is 4.94. The van der Waals surface area contributed by atoms with Crippen molar-refractivity contribution in [1.82, 2.24) is 9.80 Å². The fourth-order valence-electron chi connectivity index (χ4n) is 7.87. The van der Waals surface area contributed by atoms with E-state index in [0.29, 0.717) is 29.1 Å². The van der Waals surface area contributed by atoms with Crippen LogP contribution in [-0.2, 0) is 23.2 Å². The Morgan fingerprint density at radius 1 is 0.702 bits per heavy atom. The van der Waals surface area contributed by atoms with Crippen LogP contribution < -0.4 is 12.4 Å².